The van der Waals surface area contributed by atoms with Crippen molar-refractivity contribution in [2.45, 2.75) is 6.92 Å². The van der Waals surface area contributed by atoms with Crippen molar-refractivity contribution < 1.29 is 13.2 Å². The molecule has 0 atom stereocenters. The van der Waals surface area contributed by atoms with Crippen LogP contribution in [0.1, 0.15) is 5.69 Å². The second-order valence-corrected chi connectivity index (χ2v) is 4.55. The van der Waals surface area contributed by atoms with E-state index in [1.165, 1.54) is 0 Å². The highest BCUT2D eigenvalue weighted by molar-refractivity contribution is 7.89. The summed E-state index contributed by atoms with van der Waals surface area (Å²) >= 11 is 0. The zero-order chi connectivity index (χ0) is 10.6. The summed E-state index contributed by atoms with van der Waals surface area (Å²) in [5.41, 5.74) is 0.847. The lowest BCUT2D eigenvalue weighted by Crippen LogP contribution is -2.24. The van der Waals surface area contributed by atoms with Crippen LogP contribution in [0.5, 0.6) is 5.88 Å². The van der Waals surface area contributed by atoms with Crippen molar-refractivity contribution in [3.8, 4) is 5.88 Å². The second-order valence-electron chi connectivity index (χ2n) is 2.67. The van der Waals surface area contributed by atoms with Crippen LogP contribution in [0, 0.1) is 14.0 Å². The molecule has 0 aliphatic carbocycles. The van der Waals surface area contributed by atoms with Crippen LogP contribution in [0.4, 0.5) is 0 Å². The van der Waals surface area contributed by atoms with Gasteiger partial charge in [-0.15, -0.1) is 5.10 Å². The van der Waals surface area contributed by atoms with E-state index in [0.717, 1.165) is 5.69 Å². The number of nitrogens with zero attached hydrogens (tertiary/aromatic N) is 1. The molecule has 0 unspecified atom stereocenters. The van der Waals surface area contributed by atoms with Gasteiger partial charge in [0.1, 0.15) is 6.61 Å². The van der Waals surface area contributed by atoms with Crippen LogP contribution in [-0.2, 0) is 10.0 Å². The molecule has 0 spiro atoms. The summed E-state index contributed by atoms with van der Waals surface area (Å²) in [6.45, 7) is 1.83. The van der Waals surface area contributed by atoms with Crippen molar-refractivity contribution in [1.29, 1.82) is 0 Å². The van der Waals surface area contributed by atoms with Gasteiger partial charge in [0.05, 0.1) is 12.8 Å². The van der Waals surface area contributed by atoms with Crippen LogP contribution in [0.15, 0.2) is 6.07 Å². The molecule has 0 saturated carbocycles. The molecule has 7 heteroatoms. The molecule has 1 aromatic rings. The summed E-state index contributed by atoms with van der Waals surface area (Å²) < 4.78 is 28.4. The summed E-state index contributed by atoms with van der Waals surface area (Å²) in [5, 5.41) is 6.43. The minimum Gasteiger partial charge on any atom is -0.475 e. The first-order valence-corrected chi connectivity index (χ1v) is 5.53. The molecule has 1 aromatic heterocycles. The van der Waals surface area contributed by atoms with Gasteiger partial charge in [-0.1, -0.05) is 0 Å². The maximum Gasteiger partial charge on any atom is 0.232 e. The van der Waals surface area contributed by atoms with Gasteiger partial charge in [-0.3, -0.25) is 5.10 Å². The average molecular weight is 217 g/mol. The average Bonchev–Trinajstić information content (AvgIpc) is 2.51. The molecule has 1 rings (SSSR count). The molecule has 0 aliphatic heterocycles. The largest absolute Gasteiger partial charge is 0.475 e. The van der Waals surface area contributed by atoms with Crippen molar-refractivity contribution >= 4 is 10.0 Å². The summed E-state index contributed by atoms with van der Waals surface area (Å²) in [7, 11) is 1.36. The molecule has 0 saturated heterocycles. The van der Waals surface area contributed by atoms with Crippen molar-refractivity contribution in [2.24, 2.45) is 0 Å². The van der Waals surface area contributed by atoms with E-state index in [1.54, 1.807) is 10.8 Å². The molecule has 14 heavy (non-hydrogen) atoms. The van der Waals surface area contributed by atoms with Gasteiger partial charge in [-0.2, -0.15) is 0 Å². The quantitative estimate of drug-likeness (QED) is 0.662. The highest BCUT2D eigenvalue weighted by Crippen LogP contribution is 2.06. The molecule has 0 aliphatic rings. The highest BCUT2D eigenvalue weighted by Gasteiger charge is 2.07. The van der Waals surface area contributed by atoms with Crippen LogP contribution < -0.4 is 9.46 Å². The fourth-order valence-corrected chi connectivity index (χ4v) is 1.20. The fourth-order valence-electron chi connectivity index (χ4n) is 0.782. The van der Waals surface area contributed by atoms with Crippen LogP contribution in [0.25, 0.3) is 0 Å². The number of aryl methyl sites for hydroxylation is 1. The minimum atomic E-state index is -3.42. The zero-order valence-electron chi connectivity index (χ0n) is 7.65. The van der Waals surface area contributed by atoms with Crippen LogP contribution in [-0.4, -0.2) is 31.0 Å². The Morgan fingerprint density at radius 3 is 2.93 bits per heavy atom. The summed E-state index contributed by atoms with van der Waals surface area (Å²) in [6.07, 6.45) is 0. The number of sulfonamides is 1. The number of rotatable bonds is 5. The van der Waals surface area contributed by atoms with Gasteiger partial charge in [0.15, 0.2) is 0 Å². The number of ether oxygens (including phenoxy) is 1. The van der Waals surface area contributed by atoms with Crippen LogP contribution in [0.2, 0.25) is 0 Å². The molecular weight excluding hydrogens is 206 g/mol. The minimum absolute atomic E-state index is 0.0107. The Kier molecular flexibility index (Phi) is 3.48. The van der Waals surface area contributed by atoms with Crippen molar-refractivity contribution in [3.05, 3.63) is 18.8 Å². The number of nitrogens with one attached hydrogen (secondary N) is 2. The highest BCUT2D eigenvalue weighted by atomic mass is 32.2. The van der Waals surface area contributed by atoms with E-state index in [2.05, 4.69) is 10.2 Å². The van der Waals surface area contributed by atoms with Gasteiger partial charge in [0.25, 0.3) is 0 Å². The summed E-state index contributed by atoms with van der Waals surface area (Å²) in [5.74, 6) is 0.171. The maximum absolute atomic E-state index is 10.9. The second kappa shape index (κ2) is 4.43. The van der Waals surface area contributed by atoms with E-state index in [-0.39, 0.29) is 12.4 Å². The number of H-pyrrole nitrogens is 1. The molecule has 78 valence electrons. The van der Waals surface area contributed by atoms with Gasteiger partial charge in [-0.25, -0.2) is 13.1 Å². The third-order valence-corrected chi connectivity index (χ3v) is 2.53. The number of aromatic amines is 1. The smallest absolute Gasteiger partial charge is 0.232 e. The lowest BCUT2D eigenvalue weighted by Gasteiger charge is -2.02. The summed E-state index contributed by atoms with van der Waals surface area (Å²) in [4.78, 5) is 0. The third-order valence-electron chi connectivity index (χ3n) is 1.46. The van der Waals surface area contributed by atoms with Crippen molar-refractivity contribution in [2.75, 3.05) is 12.4 Å². The van der Waals surface area contributed by atoms with Gasteiger partial charge in [0.2, 0.25) is 15.9 Å². The van der Waals surface area contributed by atoms with E-state index >= 15 is 0 Å². The van der Waals surface area contributed by atoms with Gasteiger partial charge < -0.3 is 4.74 Å². The molecule has 0 bridgehead atoms. The molecule has 2 N–H and O–H groups in total. The Morgan fingerprint density at radius 2 is 2.43 bits per heavy atom. The Balaban J connectivity index is 2.36. The lowest BCUT2D eigenvalue weighted by atomic mass is 10.5. The molecule has 6 nitrogen and oxygen atoms in total. The van der Waals surface area contributed by atoms with Gasteiger partial charge in [-0.05, 0) is 6.92 Å². The molecule has 2 radical (unpaired) electrons. The van der Waals surface area contributed by atoms with E-state index < -0.39 is 10.0 Å². The first-order chi connectivity index (χ1) is 6.53. The Labute approximate surface area is 82.7 Å². The predicted octanol–water partition coefficient (Wildman–Crippen LogP) is -0.315. The van der Waals surface area contributed by atoms with Crippen LogP contribution >= 0.6 is 0 Å². The molecule has 0 aromatic carbocycles. The van der Waals surface area contributed by atoms with E-state index in [9.17, 15) is 8.42 Å². The standard InChI is InChI=1S/C7H11N3O3S/c1-6-5-7(10-9-6)13-3-4-14(11,12)8-2/h2,5,8H,3-4H2,1H3,(H,9,10). The fraction of sp³-hybridized carbons (Fsp3) is 0.429. The molecular formula is C7H11N3O3S. The molecule has 0 fully saturated rings. The van der Waals surface area contributed by atoms with E-state index in [4.69, 9.17) is 11.8 Å². The van der Waals surface area contributed by atoms with Crippen LogP contribution in [0.3, 0.4) is 0 Å². The first kappa shape index (κ1) is 11.0. The predicted molar refractivity (Wildman–Crippen MR) is 50.0 cm³/mol. The number of aromatic nitrogens is 2. The summed E-state index contributed by atoms with van der Waals surface area (Å²) in [6, 6.07) is 1.67. The van der Waals surface area contributed by atoms with Crippen molar-refractivity contribution in [1.82, 2.24) is 14.9 Å². The van der Waals surface area contributed by atoms with Crippen molar-refractivity contribution in [3.63, 3.8) is 0 Å². The molecule has 1 heterocycles. The van der Waals surface area contributed by atoms with Gasteiger partial charge >= 0.3 is 0 Å². The molecule has 0 amide bonds. The first-order valence-electron chi connectivity index (χ1n) is 3.88. The monoisotopic (exact) mass is 217 g/mol. The SMILES string of the molecule is [CH]NS(=O)(=O)CCOc1cc(C)[nH]n1. The van der Waals surface area contributed by atoms with E-state index in [0.29, 0.717) is 5.88 Å². The normalized spacial score (nSPS) is 11.6. The maximum atomic E-state index is 10.9. The lowest BCUT2D eigenvalue weighted by molar-refractivity contribution is 0.327. The zero-order valence-corrected chi connectivity index (χ0v) is 8.47. The van der Waals surface area contributed by atoms with Gasteiger partial charge in [0, 0.05) is 11.8 Å². The third kappa shape index (κ3) is 3.35. The Morgan fingerprint density at radius 1 is 1.71 bits per heavy atom. The number of hydrogen-bond acceptors (Lipinski definition) is 4. The number of hydrogen-bond donors (Lipinski definition) is 2. The van der Waals surface area contributed by atoms with E-state index in [1.807, 2.05) is 6.92 Å². The topological polar surface area (TPSA) is 84.1 Å². The Bertz CT molecular complexity index is 385. The Hall–Kier alpha value is -1.08.